The summed E-state index contributed by atoms with van der Waals surface area (Å²) in [5.41, 5.74) is 1.47. The van der Waals surface area contributed by atoms with Gasteiger partial charge in [0.25, 0.3) is 0 Å². The van der Waals surface area contributed by atoms with Crippen molar-refractivity contribution < 1.29 is 9.90 Å². The number of halogens is 1. The maximum Gasteiger partial charge on any atom is 0.409 e. The lowest BCUT2D eigenvalue weighted by Gasteiger charge is -2.39. The molecule has 5 nitrogen and oxygen atoms in total. The Bertz CT molecular complexity index is 595. The summed E-state index contributed by atoms with van der Waals surface area (Å²) in [7, 11) is 0. The van der Waals surface area contributed by atoms with Crippen molar-refractivity contribution >= 4 is 33.4 Å². The van der Waals surface area contributed by atoms with Gasteiger partial charge in [0, 0.05) is 29.6 Å². The van der Waals surface area contributed by atoms with Gasteiger partial charge in [-0.1, -0.05) is 48.0 Å². The number of hydrogen-bond acceptors (Lipinski definition) is 3. The van der Waals surface area contributed by atoms with E-state index >= 15 is 0 Å². The Labute approximate surface area is 164 Å². The molecule has 0 radical (unpaired) electrons. The molecule has 1 aromatic rings. The minimum atomic E-state index is -1.03. The second-order valence-electron chi connectivity index (χ2n) is 7.57. The van der Waals surface area contributed by atoms with Crippen LogP contribution in [0.3, 0.4) is 0 Å². The fraction of sp³-hybridized carbons (Fsp3) is 0.650. The second kappa shape index (κ2) is 9.60. The van der Waals surface area contributed by atoms with Crippen LogP contribution in [-0.2, 0) is 0 Å². The molecule has 2 fully saturated rings. The van der Waals surface area contributed by atoms with E-state index in [9.17, 15) is 4.79 Å². The summed E-state index contributed by atoms with van der Waals surface area (Å²) in [5.74, 6) is 0. The number of rotatable bonds is 4. The van der Waals surface area contributed by atoms with Gasteiger partial charge in [0.15, 0.2) is 0 Å². The minimum absolute atomic E-state index is 0.392. The number of nitrogens with one attached hydrogen (secondary N) is 2. The van der Waals surface area contributed by atoms with Gasteiger partial charge in [-0.25, -0.2) is 4.79 Å². The third-order valence-corrected chi connectivity index (χ3v) is 6.20. The minimum Gasteiger partial charge on any atom is -0.465 e. The van der Waals surface area contributed by atoms with Crippen molar-refractivity contribution in [2.24, 2.45) is 0 Å². The van der Waals surface area contributed by atoms with Crippen LogP contribution in [0.4, 0.5) is 16.2 Å². The molecule has 1 amide bonds. The third-order valence-electron chi connectivity index (χ3n) is 5.70. The van der Waals surface area contributed by atoms with Crippen LogP contribution in [0.5, 0.6) is 0 Å². The standard InChI is InChI=1S/C20H30BrN3O2/c21-15-8-9-18(23-20(25)26)19(14-15)22-16-10-12-24(13-11-16)17-6-4-2-1-3-5-7-17/h8-9,14,16-17,22-23H,1-7,10-13H2,(H,25,26). The molecular formula is C20H30BrN3O2. The Morgan fingerprint density at radius 2 is 1.65 bits per heavy atom. The quantitative estimate of drug-likeness (QED) is 0.595. The molecule has 1 heterocycles. The first kappa shape index (κ1) is 19.5. The molecule has 3 rings (SSSR count). The fourth-order valence-corrected chi connectivity index (χ4v) is 4.65. The van der Waals surface area contributed by atoms with Crippen molar-refractivity contribution in [3.63, 3.8) is 0 Å². The third kappa shape index (κ3) is 5.61. The van der Waals surface area contributed by atoms with E-state index < -0.39 is 6.09 Å². The summed E-state index contributed by atoms with van der Waals surface area (Å²) < 4.78 is 0.947. The van der Waals surface area contributed by atoms with E-state index in [1.165, 1.54) is 44.9 Å². The summed E-state index contributed by atoms with van der Waals surface area (Å²) >= 11 is 3.48. The normalized spacial score (nSPS) is 21.0. The Kier molecular flexibility index (Phi) is 7.20. The van der Waals surface area contributed by atoms with Gasteiger partial charge in [-0.3, -0.25) is 5.32 Å². The van der Waals surface area contributed by atoms with Crippen LogP contribution in [0, 0.1) is 0 Å². The lowest BCUT2D eigenvalue weighted by Crippen LogP contribution is -2.44. The van der Waals surface area contributed by atoms with Crippen LogP contribution in [-0.4, -0.2) is 41.3 Å². The molecule has 1 aliphatic carbocycles. The molecule has 0 aromatic heterocycles. The highest BCUT2D eigenvalue weighted by molar-refractivity contribution is 9.10. The molecule has 1 saturated carbocycles. The first-order valence-corrected chi connectivity index (χ1v) is 10.7. The lowest BCUT2D eigenvalue weighted by molar-refractivity contribution is 0.133. The van der Waals surface area contributed by atoms with Crippen LogP contribution in [0.2, 0.25) is 0 Å². The molecule has 1 saturated heterocycles. The van der Waals surface area contributed by atoms with Crippen molar-refractivity contribution in [1.29, 1.82) is 0 Å². The number of nitrogens with zero attached hydrogens (tertiary/aromatic N) is 1. The van der Waals surface area contributed by atoms with Crippen molar-refractivity contribution in [2.45, 2.75) is 69.9 Å². The van der Waals surface area contributed by atoms with Gasteiger partial charge in [-0.15, -0.1) is 0 Å². The number of likely N-dealkylation sites (tertiary alicyclic amines) is 1. The second-order valence-corrected chi connectivity index (χ2v) is 8.49. The first-order chi connectivity index (χ1) is 12.6. The summed E-state index contributed by atoms with van der Waals surface area (Å²) in [6.07, 6.45) is 10.9. The Morgan fingerprint density at radius 3 is 2.31 bits per heavy atom. The van der Waals surface area contributed by atoms with Gasteiger partial charge in [-0.05, 0) is 43.9 Å². The SMILES string of the molecule is O=C(O)Nc1ccc(Br)cc1NC1CCN(C2CCCCCCC2)CC1. The molecule has 0 atom stereocenters. The lowest BCUT2D eigenvalue weighted by atomic mass is 9.93. The van der Waals surface area contributed by atoms with Gasteiger partial charge < -0.3 is 15.3 Å². The van der Waals surface area contributed by atoms with Gasteiger partial charge in [0.05, 0.1) is 11.4 Å². The van der Waals surface area contributed by atoms with E-state index in [4.69, 9.17) is 5.11 Å². The van der Waals surface area contributed by atoms with E-state index in [1.54, 1.807) is 6.07 Å². The van der Waals surface area contributed by atoms with Crippen molar-refractivity contribution in [2.75, 3.05) is 23.7 Å². The van der Waals surface area contributed by atoms with Crippen molar-refractivity contribution in [1.82, 2.24) is 4.90 Å². The Hall–Kier alpha value is -1.27. The summed E-state index contributed by atoms with van der Waals surface area (Å²) in [6, 6.07) is 6.76. The monoisotopic (exact) mass is 423 g/mol. The number of benzene rings is 1. The largest absolute Gasteiger partial charge is 0.465 e. The fourth-order valence-electron chi connectivity index (χ4n) is 4.29. The zero-order valence-corrected chi connectivity index (χ0v) is 16.9. The van der Waals surface area contributed by atoms with Crippen LogP contribution < -0.4 is 10.6 Å². The summed E-state index contributed by atoms with van der Waals surface area (Å²) in [5, 5.41) is 15.1. The average molecular weight is 424 g/mol. The number of anilines is 2. The van der Waals surface area contributed by atoms with Crippen molar-refractivity contribution in [3.8, 4) is 0 Å². The predicted octanol–water partition coefficient (Wildman–Crippen LogP) is 5.53. The Morgan fingerprint density at radius 1 is 1.00 bits per heavy atom. The topological polar surface area (TPSA) is 64.6 Å². The first-order valence-electron chi connectivity index (χ1n) is 9.92. The van der Waals surface area contributed by atoms with Crippen LogP contribution in [0.1, 0.15) is 57.8 Å². The molecule has 1 aromatic carbocycles. The Balaban J connectivity index is 1.55. The van der Waals surface area contributed by atoms with Crippen LogP contribution >= 0.6 is 15.9 Å². The highest BCUT2D eigenvalue weighted by Crippen LogP contribution is 2.30. The van der Waals surface area contributed by atoms with Gasteiger partial charge in [0.2, 0.25) is 0 Å². The number of amides is 1. The molecule has 144 valence electrons. The predicted molar refractivity (Wildman–Crippen MR) is 110 cm³/mol. The van der Waals surface area contributed by atoms with E-state index in [1.807, 2.05) is 12.1 Å². The van der Waals surface area contributed by atoms with Gasteiger partial charge in [0.1, 0.15) is 0 Å². The molecule has 0 spiro atoms. The number of hydrogen-bond donors (Lipinski definition) is 3. The zero-order chi connectivity index (χ0) is 18.4. The molecule has 26 heavy (non-hydrogen) atoms. The van der Waals surface area contributed by atoms with E-state index in [2.05, 4.69) is 31.5 Å². The van der Waals surface area contributed by atoms with Crippen LogP contribution in [0.15, 0.2) is 22.7 Å². The molecule has 0 bridgehead atoms. The summed E-state index contributed by atoms with van der Waals surface area (Å²) in [6.45, 7) is 2.27. The van der Waals surface area contributed by atoms with Gasteiger partial charge in [-0.2, -0.15) is 0 Å². The van der Waals surface area contributed by atoms with E-state index in [0.29, 0.717) is 11.7 Å². The number of piperidine rings is 1. The van der Waals surface area contributed by atoms with E-state index in [0.717, 1.165) is 42.1 Å². The van der Waals surface area contributed by atoms with Crippen molar-refractivity contribution in [3.05, 3.63) is 22.7 Å². The highest BCUT2D eigenvalue weighted by atomic mass is 79.9. The average Bonchev–Trinajstić information content (AvgIpc) is 2.58. The molecule has 1 aliphatic heterocycles. The maximum absolute atomic E-state index is 11.0. The number of carboxylic acid groups (broad SMARTS) is 1. The maximum atomic E-state index is 11.0. The molecule has 2 aliphatic rings. The smallest absolute Gasteiger partial charge is 0.409 e. The highest BCUT2D eigenvalue weighted by Gasteiger charge is 2.25. The zero-order valence-electron chi connectivity index (χ0n) is 15.3. The number of carbonyl (C=O) groups is 1. The summed E-state index contributed by atoms with van der Waals surface area (Å²) in [4.78, 5) is 13.7. The van der Waals surface area contributed by atoms with E-state index in [-0.39, 0.29) is 0 Å². The van der Waals surface area contributed by atoms with Crippen LogP contribution in [0.25, 0.3) is 0 Å². The van der Waals surface area contributed by atoms with Gasteiger partial charge >= 0.3 is 6.09 Å². The molecule has 0 unspecified atom stereocenters. The molecule has 6 heteroatoms. The molecule has 3 N–H and O–H groups in total. The molecular weight excluding hydrogens is 394 g/mol.